The SMILES string of the molecule is COC(=O)N(CC(C)(C)OC(=O)[C@H]1CN[C@H](C(=O)O)C1)C1c2ccccc2-c2ccccc21. The number of amides is 1. The molecule has 0 unspecified atom stereocenters. The maximum absolute atomic E-state index is 12.9. The fraction of sp³-hybridized carbons (Fsp3) is 0.400. The minimum absolute atomic E-state index is 0.0985. The Hall–Kier alpha value is -3.39. The molecule has 1 fully saturated rings. The van der Waals surface area contributed by atoms with Crippen LogP contribution in [0.4, 0.5) is 4.79 Å². The number of esters is 1. The van der Waals surface area contributed by atoms with Gasteiger partial charge in [-0.05, 0) is 42.5 Å². The van der Waals surface area contributed by atoms with Gasteiger partial charge in [-0.15, -0.1) is 0 Å². The number of fused-ring (bicyclic) bond motifs is 3. The summed E-state index contributed by atoms with van der Waals surface area (Å²) in [5.41, 5.74) is 3.04. The number of carbonyl (C=O) groups excluding carboxylic acids is 2. The molecule has 0 radical (unpaired) electrons. The van der Waals surface area contributed by atoms with Gasteiger partial charge in [0.1, 0.15) is 11.6 Å². The molecule has 8 heteroatoms. The van der Waals surface area contributed by atoms with Crippen LogP contribution in [0.1, 0.15) is 37.4 Å². The number of hydrogen-bond acceptors (Lipinski definition) is 6. The normalized spacial score (nSPS) is 19.5. The van der Waals surface area contributed by atoms with Gasteiger partial charge in [-0.1, -0.05) is 48.5 Å². The Morgan fingerprint density at radius 2 is 1.64 bits per heavy atom. The average Bonchev–Trinajstić information content (AvgIpc) is 3.41. The van der Waals surface area contributed by atoms with Crippen molar-refractivity contribution in [2.75, 3.05) is 20.2 Å². The van der Waals surface area contributed by atoms with Gasteiger partial charge in [0.2, 0.25) is 0 Å². The number of nitrogens with zero attached hydrogens (tertiary/aromatic N) is 1. The molecule has 2 aliphatic rings. The summed E-state index contributed by atoms with van der Waals surface area (Å²) in [5, 5.41) is 12.0. The molecule has 2 aromatic rings. The quantitative estimate of drug-likeness (QED) is 0.649. The Labute approximate surface area is 192 Å². The molecule has 4 rings (SSSR count). The Morgan fingerprint density at radius 3 is 2.15 bits per heavy atom. The minimum Gasteiger partial charge on any atom is -0.480 e. The van der Waals surface area contributed by atoms with Crippen LogP contribution in [0.2, 0.25) is 0 Å². The van der Waals surface area contributed by atoms with Crippen molar-refractivity contribution < 1.29 is 29.0 Å². The highest BCUT2D eigenvalue weighted by molar-refractivity contribution is 5.81. The number of nitrogens with one attached hydrogen (secondary N) is 1. The minimum atomic E-state index is -1.03. The lowest BCUT2D eigenvalue weighted by molar-refractivity contribution is -0.162. The molecule has 174 valence electrons. The Morgan fingerprint density at radius 1 is 1.06 bits per heavy atom. The first-order valence-corrected chi connectivity index (χ1v) is 10.9. The molecule has 1 saturated heterocycles. The van der Waals surface area contributed by atoms with E-state index in [1.807, 2.05) is 48.5 Å². The Bertz CT molecular complexity index is 1040. The van der Waals surface area contributed by atoms with E-state index in [0.29, 0.717) is 0 Å². The molecule has 8 nitrogen and oxygen atoms in total. The van der Waals surface area contributed by atoms with Gasteiger partial charge < -0.3 is 19.9 Å². The molecule has 1 heterocycles. The van der Waals surface area contributed by atoms with E-state index in [0.717, 1.165) is 22.3 Å². The fourth-order valence-corrected chi connectivity index (χ4v) is 4.74. The smallest absolute Gasteiger partial charge is 0.410 e. The second kappa shape index (κ2) is 8.86. The molecular formula is C25H28N2O6. The third-order valence-corrected chi connectivity index (χ3v) is 6.21. The molecular weight excluding hydrogens is 424 g/mol. The number of rotatable bonds is 6. The highest BCUT2D eigenvalue weighted by atomic mass is 16.6. The third kappa shape index (κ3) is 4.43. The van der Waals surface area contributed by atoms with Gasteiger partial charge in [0.15, 0.2) is 0 Å². The van der Waals surface area contributed by atoms with E-state index < -0.39 is 35.6 Å². The maximum atomic E-state index is 12.9. The first kappa shape index (κ1) is 22.8. The monoisotopic (exact) mass is 452 g/mol. The van der Waals surface area contributed by atoms with Crippen molar-refractivity contribution >= 4 is 18.0 Å². The van der Waals surface area contributed by atoms with E-state index in [9.17, 15) is 14.4 Å². The largest absolute Gasteiger partial charge is 0.480 e. The van der Waals surface area contributed by atoms with Crippen molar-refractivity contribution in [2.24, 2.45) is 5.92 Å². The number of aliphatic carboxylic acids is 1. The second-order valence-electron chi connectivity index (χ2n) is 9.09. The van der Waals surface area contributed by atoms with Crippen LogP contribution in [0.25, 0.3) is 11.1 Å². The van der Waals surface area contributed by atoms with E-state index in [4.69, 9.17) is 14.6 Å². The summed E-state index contributed by atoms with van der Waals surface area (Å²) in [5.74, 6) is -2.02. The molecule has 2 N–H and O–H groups in total. The molecule has 1 aliphatic carbocycles. The van der Waals surface area contributed by atoms with Crippen molar-refractivity contribution in [3.05, 3.63) is 59.7 Å². The molecule has 2 atom stereocenters. The summed E-state index contributed by atoms with van der Waals surface area (Å²) in [7, 11) is 1.33. The predicted octanol–water partition coefficient (Wildman–Crippen LogP) is 3.21. The lowest BCUT2D eigenvalue weighted by Gasteiger charge is -2.36. The number of carbonyl (C=O) groups is 3. The molecule has 0 spiro atoms. The van der Waals surface area contributed by atoms with Crippen LogP contribution in [-0.4, -0.2) is 59.9 Å². The van der Waals surface area contributed by atoms with E-state index in [1.54, 1.807) is 18.7 Å². The predicted molar refractivity (Wildman–Crippen MR) is 121 cm³/mol. The zero-order chi connectivity index (χ0) is 23.8. The van der Waals surface area contributed by atoms with E-state index in [1.165, 1.54) is 7.11 Å². The van der Waals surface area contributed by atoms with E-state index >= 15 is 0 Å². The Balaban J connectivity index is 1.58. The van der Waals surface area contributed by atoms with Crippen LogP contribution in [0, 0.1) is 5.92 Å². The zero-order valence-corrected chi connectivity index (χ0v) is 18.9. The van der Waals surface area contributed by atoms with Crippen LogP contribution in [0.5, 0.6) is 0 Å². The summed E-state index contributed by atoms with van der Waals surface area (Å²) in [6.45, 7) is 3.83. The zero-order valence-electron chi connectivity index (χ0n) is 18.9. The summed E-state index contributed by atoms with van der Waals surface area (Å²) >= 11 is 0. The maximum Gasteiger partial charge on any atom is 0.410 e. The number of carboxylic acids is 1. The van der Waals surface area contributed by atoms with Gasteiger partial charge in [-0.25, -0.2) is 4.79 Å². The highest BCUT2D eigenvalue weighted by Crippen LogP contribution is 2.46. The van der Waals surface area contributed by atoms with E-state index in [-0.39, 0.29) is 25.6 Å². The fourth-order valence-electron chi connectivity index (χ4n) is 4.74. The number of hydrogen-bond donors (Lipinski definition) is 2. The first-order chi connectivity index (χ1) is 15.7. The first-order valence-electron chi connectivity index (χ1n) is 10.9. The molecule has 1 aliphatic heterocycles. The molecule has 33 heavy (non-hydrogen) atoms. The van der Waals surface area contributed by atoms with Crippen LogP contribution < -0.4 is 5.32 Å². The van der Waals surface area contributed by atoms with Gasteiger partial charge in [-0.3, -0.25) is 14.5 Å². The number of carboxylic acid groups (broad SMARTS) is 1. The third-order valence-electron chi connectivity index (χ3n) is 6.21. The summed E-state index contributed by atoms with van der Waals surface area (Å²) in [4.78, 5) is 38.5. The number of ether oxygens (including phenoxy) is 2. The van der Waals surface area contributed by atoms with Gasteiger partial charge in [0, 0.05) is 6.54 Å². The van der Waals surface area contributed by atoms with Crippen LogP contribution in [0.3, 0.4) is 0 Å². The summed E-state index contributed by atoms with van der Waals surface area (Å²) < 4.78 is 10.9. The van der Waals surface area contributed by atoms with Crippen LogP contribution in [-0.2, 0) is 19.1 Å². The summed E-state index contributed by atoms with van der Waals surface area (Å²) in [6.07, 6.45) is -0.349. The average molecular weight is 453 g/mol. The van der Waals surface area contributed by atoms with Gasteiger partial charge in [0.25, 0.3) is 0 Å². The lowest BCUT2D eigenvalue weighted by Crippen LogP contribution is -2.47. The lowest BCUT2D eigenvalue weighted by atomic mass is 10.0. The topological polar surface area (TPSA) is 105 Å². The second-order valence-corrected chi connectivity index (χ2v) is 9.09. The molecule has 1 amide bonds. The van der Waals surface area contributed by atoms with Crippen LogP contribution >= 0.6 is 0 Å². The van der Waals surface area contributed by atoms with Crippen molar-refractivity contribution in [3.8, 4) is 11.1 Å². The molecule has 2 aromatic carbocycles. The standard InChI is InChI=1S/C25H28N2O6/c1-25(2,33-23(30)15-12-20(22(28)29)26-13-15)14-27(24(31)32-3)21-18-10-6-4-8-16(18)17-9-5-7-11-19(17)21/h4-11,15,20-21,26H,12-14H2,1-3H3,(H,28,29)/t15-,20+/m1/s1. The Kier molecular flexibility index (Phi) is 6.12. The van der Waals surface area contributed by atoms with Gasteiger partial charge >= 0.3 is 18.0 Å². The molecule has 0 saturated carbocycles. The summed E-state index contributed by atoms with van der Waals surface area (Å²) in [6, 6.07) is 14.7. The van der Waals surface area contributed by atoms with Gasteiger partial charge in [-0.2, -0.15) is 0 Å². The number of methoxy groups -OCH3 is 1. The van der Waals surface area contributed by atoms with Crippen molar-refractivity contribution in [1.82, 2.24) is 10.2 Å². The van der Waals surface area contributed by atoms with Gasteiger partial charge in [0.05, 0.1) is 25.6 Å². The molecule has 0 bridgehead atoms. The van der Waals surface area contributed by atoms with Crippen LogP contribution in [0.15, 0.2) is 48.5 Å². The van der Waals surface area contributed by atoms with E-state index in [2.05, 4.69) is 5.32 Å². The number of benzene rings is 2. The highest BCUT2D eigenvalue weighted by Gasteiger charge is 2.41. The van der Waals surface area contributed by atoms with Crippen molar-refractivity contribution in [3.63, 3.8) is 0 Å². The van der Waals surface area contributed by atoms with Crippen molar-refractivity contribution in [1.29, 1.82) is 0 Å². The molecule has 0 aromatic heterocycles. The van der Waals surface area contributed by atoms with Crippen molar-refractivity contribution in [2.45, 2.75) is 38.0 Å².